The quantitative estimate of drug-likeness (QED) is 0.734. The van der Waals surface area contributed by atoms with Gasteiger partial charge < -0.3 is 20.5 Å². The molecule has 0 atom stereocenters. The van der Waals surface area contributed by atoms with Crippen molar-refractivity contribution >= 4 is 17.8 Å². The third-order valence-corrected chi connectivity index (χ3v) is 3.40. The minimum atomic E-state index is -0.651. The molecule has 0 radical (unpaired) electrons. The molecule has 3 N–H and O–H groups in total. The molecule has 0 bridgehead atoms. The summed E-state index contributed by atoms with van der Waals surface area (Å²) in [6, 6.07) is 0. The molecule has 0 spiro atoms. The molecule has 2 rings (SSSR count). The van der Waals surface area contributed by atoms with Gasteiger partial charge in [-0.2, -0.15) is 0 Å². The Bertz CT molecular complexity index is 497. The van der Waals surface area contributed by atoms with Crippen LogP contribution in [-0.2, 0) is 11.3 Å². The molecule has 0 aromatic carbocycles. The van der Waals surface area contributed by atoms with E-state index < -0.39 is 5.41 Å². The summed E-state index contributed by atoms with van der Waals surface area (Å²) in [6.07, 6.45) is 2.76. The van der Waals surface area contributed by atoms with E-state index in [1.807, 2.05) is 4.57 Å². The summed E-state index contributed by atoms with van der Waals surface area (Å²) in [4.78, 5) is 28.0. The molecule has 2 heterocycles. The predicted molar refractivity (Wildman–Crippen MR) is 75.5 cm³/mol. The van der Waals surface area contributed by atoms with Crippen LogP contribution in [0.3, 0.4) is 0 Å². The van der Waals surface area contributed by atoms with E-state index in [9.17, 15) is 9.59 Å². The summed E-state index contributed by atoms with van der Waals surface area (Å²) in [6.45, 7) is 5.58. The number of nitrogens with zero attached hydrogens (tertiary/aromatic N) is 2. The number of carbonyl (C=O) groups excluding carboxylic acids is 2. The molecule has 1 aromatic heterocycles. The van der Waals surface area contributed by atoms with E-state index in [0.29, 0.717) is 5.69 Å². The summed E-state index contributed by atoms with van der Waals surface area (Å²) in [5.41, 5.74) is -0.274. The molecule has 1 aliphatic rings. The average molecular weight is 279 g/mol. The first-order valence-electron chi connectivity index (χ1n) is 6.75. The molecular formula is C13H21N5O2. The van der Waals surface area contributed by atoms with Crippen LogP contribution in [0.25, 0.3) is 0 Å². The lowest BCUT2D eigenvalue weighted by Crippen LogP contribution is -2.43. The van der Waals surface area contributed by atoms with Gasteiger partial charge in [0.1, 0.15) is 5.69 Å². The zero-order valence-electron chi connectivity index (χ0n) is 12.1. The van der Waals surface area contributed by atoms with E-state index in [1.165, 1.54) is 0 Å². The van der Waals surface area contributed by atoms with Gasteiger partial charge in [0, 0.05) is 32.9 Å². The van der Waals surface area contributed by atoms with Crippen molar-refractivity contribution in [3.63, 3.8) is 0 Å². The first-order valence-corrected chi connectivity index (χ1v) is 6.75. The highest BCUT2D eigenvalue weighted by Crippen LogP contribution is 2.16. The third-order valence-electron chi connectivity index (χ3n) is 3.40. The fraction of sp³-hybridized carbons (Fsp3) is 0.615. The smallest absolute Gasteiger partial charge is 0.271 e. The number of rotatable bonds is 4. The Balaban J connectivity index is 1.98. The number of amides is 2. The van der Waals surface area contributed by atoms with E-state index in [2.05, 4.69) is 20.9 Å². The molecule has 7 heteroatoms. The lowest BCUT2D eigenvalue weighted by Gasteiger charge is -2.22. The van der Waals surface area contributed by atoms with E-state index in [0.717, 1.165) is 25.5 Å². The van der Waals surface area contributed by atoms with Crippen LogP contribution in [0.5, 0.6) is 0 Å². The van der Waals surface area contributed by atoms with Gasteiger partial charge in [0.15, 0.2) is 0 Å². The van der Waals surface area contributed by atoms with Crippen molar-refractivity contribution in [3.8, 4) is 0 Å². The maximum atomic E-state index is 12.1. The second-order valence-corrected chi connectivity index (χ2v) is 5.57. The van der Waals surface area contributed by atoms with E-state index >= 15 is 0 Å². The molecule has 20 heavy (non-hydrogen) atoms. The largest absolute Gasteiger partial charge is 0.359 e. The summed E-state index contributed by atoms with van der Waals surface area (Å²) in [5, 5.41) is 8.49. The van der Waals surface area contributed by atoms with Crippen molar-refractivity contribution in [2.24, 2.45) is 5.41 Å². The van der Waals surface area contributed by atoms with Crippen LogP contribution in [0.15, 0.2) is 6.20 Å². The van der Waals surface area contributed by atoms with Crippen molar-refractivity contribution in [3.05, 3.63) is 11.9 Å². The predicted octanol–water partition coefficient (Wildman–Crippen LogP) is 0.201. The third kappa shape index (κ3) is 2.92. The number of hydrogen-bond acceptors (Lipinski definition) is 4. The van der Waals surface area contributed by atoms with Crippen LogP contribution in [0, 0.1) is 5.41 Å². The van der Waals surface area contributed by atoms with Gasteiger partial charge in [0.05, 0.1) is 5.41 Å². The van der Waals surface area contributed by atoms with Gasteiger partial charge in [-0.1, -0.05) is 0 Å². The number of nitrogens with one attached hydrogen (secondary N) is 3. The molecule has 0 unspecified atom stereocenters. The molecule has 2 amide bonds. The molecule has 0 saturated heterocycles. The number of fused-ring (bicyclic) bond motifs is 1. The fourth-order valence-electron chi connectivity index (χ4n) is 2.10. The molecule has 1 aliphatic heterocycles. The Hall–Kier alpha value is -2.05. The minimum absolute atomic E-state index is 0.108. The van der Waals surface area contributed by atoms with Gasteiger partial charge in [-0.15, -0.1) is 0 Å². The maximum absolute atomic E-state index is 12.1. The Kier molecular flexibility index (Phi) is 3.96. The highest BCUT2D eigenvalue weighted by atomic mass is 16.2. The highest BCUT2D eigenvalue weighted by molar-refractivity contribution is 5.93. The standard InChI is InChI=1S/C13H21N5O2/c1-13(2,11(20)14-3)8-16-10(19)9-7-18-6-4-5-15-12(18)17-9/h7H,4-6,8H2,1-3H3,(H,14,20)(H,15,17)(H,16,19). The summed E-state index contributed by atoms with van der Waals surface area (Å²) < 4.78 is 1.93. The van der Waals surface area contributed by atoms with Crippen LogP contribution in [0.4, 0.5) is 5.95 Å². The number of carbonyl (C=O) groups is 2. The van der Waals surface area contributed by atoms with Gasteiger partial charge in [0.2, 0.25) is 11.9 Å². The zero-order valence-corrected chi connectivity index (χ0v) is 12.1. The lowest BCUT2D eigenvalue weighted by atomic mass is 9.92. The normalized spacial score (nSPS) is 14.2. The zero-order chi connectivity index (χ0) is 14.8. The molecule has 0 fully saturated rings. The first-order chi connectivity index (χ1) is 9.44. The van der Waals surface area contributed by atoms with Gasteiger partial charge >= 0.3 is 0 Å². The van der Waals surface area contributed by atoms with E-state index in [1.54, 1.807) is 27.1 Å². The number of imidazole rings is 1. The fourth-order valence-corrected chi connectivity index (χ4v) is 2.10. The average Bonchev–Trinajstić information content (AvgIpc) is 2.87. The topological polar surface area (TPSA) is 88.1 Å². The number of aryl methyl sites for hydroxylation is 1. The minimum Gasteiger partial charge on any atom is -0.359 e. The molecule has 0 saturated carbocycles. The SMILES string of the molecule is CNC(=O)C(C)(C)CNC(=O)c1cn2c(n1)NCCC2. The van der Waals surface area contributed by atoms with Crippen LogP contribution in [-0.4, -0.2) is 41.5 Å². The van der Waals surface area contributed by atoms with Crippen molar-refractivity contribution in [1.29, 1.82) is 0 Å². The summed E-state index contributed by atoms with van der Waals surface area (Å²) in [5.74, 6) is 0.362. The van der Waals surface area contributed by atoms with Crippen LogP contribution < -0.4 is 16.0 Å². The summed E-state index contributed by atoms with van der Waals surface area (Å²) >= 11 is 0. The molecule has 110 valence electrons. The van der Waals surface area contributed by atoms with Crippen molar-refractivity contribution in [2.75, 3.05) is 25.5 Å². The second kappa shape index (κ2) is 5.52. The number of anilines is 1. The van der Waals surface area contributed by atoms with Crippen molar-refractivity contribution in [1.82, 2.24) is 20.2 Å². The Morgan fingerprint density at radius 3 is 2.90 bits per heavy atom. The van der Waals surface area contributed by atoms with Crippen LogP contribution >= 0.6 is 0 Å². The van der Waals surface area contributed by atoms with Crippen molar-refractivity contribution in [2.45, 2.75) is 26.8 Å². The second-order valence-electron chi connectivity index (χ2n) is 5.57. The Labute approximate surface area is 118 Å². The van der Waals surface area contributed by atoms with Gasteiger partial charge in [-0.25, -0.2) is 4.98 Å². The van der Waals surface area contributed by atoms with Gasteiger partial charge in [-0.3, -0.25) is 9.59 Å². The molecule has 0 aliphatic carbocycles. The lowest BCUT2D eigenvalue weighted by molar-refractivity contribution is -0.128. The monoisotopic (exact) mass is 279 g/mol. The van der Waals surface area contributed by atoms with Gasteiger partial charge in [-0.05, 0) is 20.3 Å². The molecule has 7 nitrogen and oxygen atoms in total. The number of aromatic nitrogens is 2. The van der Waals surface area contributed by atoms with E-state index in [-0.39, 0.29) is 18.4 Å². The van der Waals surface area contributed by atoms with Crippen LogP contribution in [0.2, 0.25) is 0 Å². The Morgan fingerprint density at radius 1 is 1.50 bits per heavy atom. The Morgan fingerprint density at radius 2 is 2.25 bits per heavy atom. The van der Waals surface area contributed by atoms with Gasteiger partial charge in [0.25, 0.3) is 5.91 Å². The first kappa shape index (κ1) is 14.4. The summed E-state index contributed by atoms with van der Waals surface area (Å²) in [7, 11) is 1.58. The highest BCUT2D eigenvalue weighted by Gasteiger charge is 2.27. The number of hydrogen-bond donors (Lipinski definition) is 3. The van der Waals surface area contributed by atoms with E-state index in [4.69, 9.17) is 0 Å². The van der Waals surface area contributed by atoms with Crippen molar-refractivity contribution < 1.29 is 9.59 Å². The molecular weight excluding hydrogens is 258 g/mol. The maximum Gasteiger partial charge on any atom is 0.271 e. The van der Waals surface area contributed by atoms with Crippen LogP contribution in [0.1, 0.15) is 30.8 Å². The molecule has 1 aromatic rings.